The normalized spacial score (nSPS) is 10.4. The Labute approximate surface area is 165 Å². The van der Waals surface area contributed by atoms with Crippen LogP contribution in [-0.4, -0.2) is 30.9 Å². The van der Waals surface area contributed by atoms with Crippen LogP contribution in [0.2, 0.25) is 0 Å². The average Bonchev–Trinajstić information content (AvgIpc) is 2.69. The van der Waals surface area contributed by atoms with E-state index in [1.165, 1.54) is 0 Å². The van der Waals surface area contributed by atoms with Gasteiger partial charge in [0.2, 0.25) is 6.41 Å². The fourth-order valence-corrected chi connectivity index (χ4v) is 2.55. The van der Waals surface area contributed by atoms with Gasteiger partial charge in [0.25, 0.3) is 5.91 Å². The molecule has 7 nitrogen and oxygen atoms in total. The van der Waals surface area contributed by atoms with Crippen LogP contribution >= 0.6 is 0 Å². The molecule has 3 N–H and O–H groups in total. The maximum absolute atomic E-state index is 12.4. The molecular formula is C21H25N5O2. The van der Waals surface area contributed by atoms with Gasteiger partial charge in [0.15, 0.2) is 0 Å². The number of amides is 2. The van der Waals surface area contributed by atoms with Crippen molar-refractivity contribution in [2.75, 3.05) is 23.8 Å². The smallest absolute Gasteiger partial charge is 0.255 e. The van der Waals surface area contributed by atoms with Crippen LogP contribution in [-0.2, 0) is 4.79 Å². The van der Waals surface area contributed by atoms with Crippen molar-refractivity contribution in [1.29, 1.82) is 0 Å². The van der Waals surface area contributed by atoms with E-state index in [9.17, 15) is 9.59 Å². The molecule has 0 saturated heterocycles. The number of benzene rings is 1. The highest BCUT2D eigenvalue weighted by molar-refractivity contribution is 5.96. The van der Waals surface area contributed by atoms with Crippen molar-refractivity contribution in [3.8, 4) is 0 Å². The van der Waals surface area contributed by atoms with Crippen LogP contribution in [0.5, 0.6) is 0 Å². The van der Waals surface area contributed by atoms with E-state index in [0.29, 0.717) is 23.6 Å². The summed E-state index contributed by atoms with van der Waals surface area (Å²) in [4.78, 5) is 29.4. The quantitative estimate of drug-likeness (QED) is 0.460. The highest BCUT2D eigenvalue weighted by Gasteiger charge is 2.10. The number of rotatable bonds is 9. The van der Waals surface area contributed by atoms with E-state index in [4.69, 9.17) is 0 Å². The molecule has 146 valence electrons. The Balaban J connectivity index is 2.13. The summed E-state index contributed by atoms with van der Waals surface area (Å²) in [6.07, 6.45) is 5.80. The van der Waals surface area contributed by atoms with Gasteiger partial charge in [-0.3, -0.25) is 9.59 Å². The van der Waals surface area contributed by atoms with Crippen LogP contribution in [0.1, 0.15) is 22.8 Å². The number of aryl methyl sites for hydroxylation is 1. The van der Waals surface area contributed by atoms with Crippen LogP contribution in [0.25, 0.3) is 0 Å². The number of nitrogens with zero attached hydrogens (tertiary/aromatic N) is 2. The third-order valence-corrected chi connectivity index (χ3v) is 3.98. The minimum atomic E-state index is -0.251. The number of hydrogen-bond acceptors (Lipinski definition) is 5. The third kappa shape index (κ3) is 5.44. The molecule has 0 aliphatic heterocycles. The molecule has 0 aliphatic rings. The van der Waals surface area contributed by atoms with Crippen LogP contribution in [0, 0.1) is 6.92 Å². The number of hydrogen-bond donors (Lipinski definition) is 3. The highest BCUT2D eigenvalue weighted by atomic mass is 16.1. The Morgan fingerprint density at radius 1 is 1.32 bits per heavy atom. The zero-order valence-corrected chi connectivity index (χ0v) is 16.3. The van der Waals surface area contributed by atoms with Crippen molar-refractivity contribution < 1.29 is 9.59 Å². The summed E-state index contributed by atoms with van der Waals surface area (Å²) >= 11 is 0. The monoisotopic (exact) mass is 379 g/mol. The molecule has 2 aromatic rings. The lowest BCUT2D eigenvalue weighted by Crippen LogP contribution is -2.21. The van der Waals surface area contributed by atoms with Crippen molar-refractivity contribution in [3.63, 3.8) is 0 Å². The van der Waals surface area contributed by atoms with E-state index in [1.807, 2.05) is 26.0 Å². The van der Waals surface area contributed by atoms with Gasteiger partial charge < -0.3 is 20.9 Å². The maximum atomic E-state index is 12.4. The molecule has 1 aromatic carbocycles. The summed E-state index contributed by atoms with van der Waals surface area (Å²) < 4.78 is 0. The largest absolute Gasteiger partial charge is 0.394 e. The standard InChI is InChI=1S/C21H25N5O2/c1-5-26(14-27)19-13-23-20(11-15(19)2)25-18-8-6-7-17(12-18)21(28)24-16(3)9-10-22-4/h6-14,22H,3,5H2,1-2,4H3,(H,23,25)(H,24,28)/b10-9-. The Morgan fingerprint density at radius 3 is 2.75 bits per heavy atom. The fraction of sp³-hybridized carbons (Fsp3) is 0.190. The number of nitrogens with one attached hydrogen (secondary N) is 3. The van der Waals surface area contributed by atoms with Crippen molar-refractivity contribution in [1.82, 2.24) is 15.6 Å². The zero-order valence-electron chi connectivity index (χ0n) is 16.3. The molecule has 0 radical (unpaired) electrons. The summed E-state index contributed by atoms with van der Waals surface area (Å²) in [5.41, 5.74) is 3.40. The van der Waals surface area contributed by atoms with Gasteiger partial charge in [0.1, 0.15) is 5.82 Å². The van der Waals surface area contributed by atoms with Crippen molar-refractivity contribution in [3.05, 3.63) is 72.2 Å². The summed E-state index contributed by atoms with van der Waals surface area (Å²) in [5.74, 6) is 0.376. The predicted molar refractivity (Wildman–Crippen MR) is 113 cm³/mol. The molecule has 2 rings (SSSR count). The molecule has 0 spiro atoms. The van der Waals surface area contributed by atoms with E-state index >= 15 is 0 Å². The number of carbonyl (C=O) groups excluding carboxylic acids is 2. The second-order valence-corrected chi connectivity index (χ2v) is 6.05. The van der Waals surface area contributed by atoms with E-state index in [-0.39, 0.29) is 5.91 Å². The first kappa shape index (κ1) is 20.7. The first-order valence-electron chi connectivity index (χ1n) is 8.88. The van der Waals surface area contributed by atoms with Crippen LogP contribution in [0.15, 0.2) is 61.1 Å². The minimum Gasteiger partial charge on any atom is -0.394 e. The predicted octanol–water partition coefficient (Wildman–Crippen LogP) is 3.09. The Hall–Kier alpha value is -3.61. The molecule has 1 aromatic heterocycles. The number of carbonyl (C=O) groups is 2. The fourth-order valence-electron chi connectivity index (χ4n) is 2.55. The lowest BCUT2D eigenvalue weighted by atomic mass is 10.1. The molecule has 7 heteroatoms. The lowest BCUT2D eigenvalue weighted by molar-refractivity contribution is -0.107. The van der Waals surface area contributed by atoms with Gasteiger partial charge in [0, 0.05) is 30.5 Å². The second kappa shape index (κ2) is 9.91. The summed E-state index contributed by atoms with van der Waals surface area (Å²) in [6.45, 7) is 8.18. The van der Waals surface area contributed by atoms with E-state index in [1.54, 1.807) is 48.6 Å². The summed E-state index contributed by atoms with van der Waals surface area (Å²) in [5, 5.41) is 8.75. The molecule has 0 saturated carbocycles. The number of pyridine rings is 1. The minimum absolute atomic E-state index is 0.251. The average molecular weight is 379 g/mol. The molecule has 1 heterocycles. The van der Waals surface area contributed by atoms with Gasteiger partial charge in [-0.05, 0) is 56.0 Å². The van der Waals surface area contributed by atoms with E-state index < -0.39 is 0 Å². The second-order valence-electron chi connectivity index (χ2n) is 6.05. The number of aromatic nitrogens is 1. The topological polar surface area (TPSA) is 86.4 Å². The van der Waals surface area contributed by atoms with Crippen LogP contribution in [0.4, 0.5) is 17.2 Å². The molecule has 0 bridgehead atoms. The molecule has 28 heavy (non-hydrogen) atoms. The number of allylic oxidation sites excluding steroid dienone is 1. The third-order valence-electron chi connectivity index (χ3n) is 3.98. The van der Waals surface area contributed by atoms with Gasteiger partial charge in [-0.2, -0.15) is 0 Å². The van der Waals surface area contributed by atoms with Crippen molar-refractivity contribution >= 4 is 29.5 Å². The SMILES string of the molecule is C=C(/C=C\NC)NC(=O)c1cccc(Nc2cc(C)c(N(C=O)CC)cn2)c1. The lowest BCUT2D eigenvalue weighted by Gasteiger charge is -2.18. The van der Waals surface area contributed by atoms with Gasteiger partial charge in [-0.15, -0.1) is 0 Å². The van der Waals surface area contributed by atoms with E-state index in [2.05, 4.69) is 27.5 Å². The first-order valence-corrected chi connectivity index (χ1v) is 8.88. The Morgan fingerprint density at radius 2 is 2.11 bits per heavy atom. The molecule has 2 amide bonds. The van der Waals surface area contributed by atoms with Gasteiger partial charge in [-0.1, -0.05) is 12.6 Å². The maximum Gasteiger partial charge on any atom is 0.255 e. The number of anilines is 3. The van der Waals surface area contributed by atoms with Gasteiger partial charge >= 0.3 is 0 Å². The summed E-state index contributed by atoms with van der Waals surface area (Å²) in [6, 6.07) is 8.95. The van der Waals surface area contributed by atoms with Crippen molar-refractivity contribution in [2.45, 2.75) is 13.8 Å². The van der Waals surface area contributed by atoms with Crippen molar-refractivity contribution in [2.24, 2.45) is 0 Å². The first-order chi connectivity index (χ1) is 13.5. The van der Waals surface area contributed by atoms with Crippen LogP contribution < -0.4 is 20.9 Å². The zero-order chi connectivity index (χ0) is 20.5. The van der Waals surface area contributed by atoms with Gasteiger partial charge in [-0.25, -0.2) is 4.98 Å². The summed E-state index contributed by atoms with van der Waals surface area (Å²) in [7, 11) is 1.77. The molecular weight excluding hydrogens is 354 g/mol. The molecule has 0 aliphatic carbocycles. The molecule has 0 unspecified atom stereocenters. The molecule has 0 fully saturated rings. The Bertz CT molecular complexity index is 892. The van der Waals surface area contributed by atoms with E-state index in [0.717, 1.165) is 23.3 Å². The highest BCUT2D eigenvalue weighted by Crippen LogP contribution is 2.23. The Kier molecular flexibility index (Phi) is 7.33. The molecule has 0 atom stereocenters. The van der Waals surface area contributed by atoms with Crippen LogP contribution in [0.3, 0.4) is 0 Å². The van der Waals surface area contributed by atoms with Gasteiger partial charge in [0.05, 0.1) is 11.9 Å².